The molecular formula is C20H28O3. The van der Waals surface area contributed by atoms with Gasteiger partial charge >= 0.3 is 0 Å². The van der Waals surface area contributed by atoms with Crippen molar-refractivity contribution in [2.45, 2.75) is 64.4 Å². The normalized spacial score (nSPS) is 52.0. The Hall–Kier alpha value is -0.930. The van der Waals surface area contributed by atoms with E-state index in [-0.39, 0.29) is 23.2 Å². The average Bonchev–Trinajstić information content (AvgIpc) is 2.65. The van der Waals surface area contributed by atoms with Gasteiger partial charge in [0.1, 0.15) is 0 Å². The first-order valence-corrected chi connectivity index (χ1v) is 9.00. The Morgan fingerprint density at radius 3 is 2.74 bits per heavy atom. The highest BCUT2D eigenvalue weighted by Crippen LogP contribution is 2.69. The van der Waals surface area contributed by atoms with Gasteiger partial charge in [0.25, 0.3) is 0 Å². The zero-order chi connectivity index (χ0) is 16.7. The maximum absolute atomic E-state index is 13.0. The highest BCUT2D eigenvalue weighted by atomic mass is 16.3. The predicted octanol–water partition coefficient (Wildman–Crippen LogP) is 3.16. The van der Waals surface area contributed by atoms with Crippen LogP contribution in [0, 0.1) is 22.2 Å². The van der Waals surface area contributed by atoms with E-state index in [9.17, 15) is 15.0 Å². The lowest BCUT2D eigenvalue weighted by atomic mass is 9.44. The van der Waals surface area contributed by atoms with Crippen LogP contribution in [0.1, 0.15) is 58.8 Å². The minimum Gasteiger partial charge on any atom is -0.396 e. The zero-order valence-corrected chi connectivity index (χ0v) is 14.3. The van der Waals surface area contributed by atoms with Gasteiger partial charge in [-0.05, 0) is 55.3 Å². The quantitative estimate of drug-likeness (QED) is 0.577. The summed E-state index contributed by atoms with van der Waals surface area (Å²) in [5.74, 6) is 0.498. The van der Waals surface area contributed by atoms with Gasteiger partial charge in [-0.3, -0.25) is 4.79 Å². The summed E-state index contributed by atoms with van der Waals surface area (Å²) in [7, 11) is 0. The second kappa shape index (κ2) is 4.37. The molecule has 0 amide bonds. The maximum atomic E-state index is 13.0. The van der Waals surface area contributed by atoms with Gasteiger partial charge in [0, 0.05) is 12.2 Å². The number of carbonyl (C=O) groups excluding carboxylic acids is 1. The van der Waals surface area contributed by atoms with Crippen molar-refractivity contribution in [3.05, 3.63) is 23.8 Å². The van der Waals surface area contributed by atoms with Crippen LogP contribution in [-0.2, 0) is 4.79 Å². The molecule has 3 fully saturated rings. The molecule has 0 aromatic heterocycles. The highest BCUT2D eigenvalue weighted by Gasteiger charge is 2.67. The minimum absolute atomic E-state index is 0.0322. The van der Waals surface area contributed by atoms with E-state index in [2.05, 4.69) is 26.5 Å². The van der Waals surface area contributed by atoms with Gasteiger partial charge in [-0.15, -0.1) is 0 Å². The summed E-state index contributed by atoms with van der Waals surface area (Å²) in [6.07, 6.45) is 8.21. The van der Waals surface area contributed by atoms with Crippen LogP contribution in [0.2, 0.25) is 0 Å². The second-order valence-corrected chi connectivity index (χ2v) is 9.09. The molecule has 5 atom stereocenters. The molecule has 3 heteroatoms. The van der Waals surface area contributed by atoms with Crippen LogP contribution in [0.3, 0.4) is 0 Å². The van der Waals surface area contributed by atoms with Crippen LogP contribution in [0.5, 0.6) is 0 Å². The van der Waals surface area contributed by atoms with Crippen molar-refractivity contribution in [1.82, 2.24) is 0 Å². The van der Waals surface area contributed by atoms with Gasteiger partial charge in [0.05, 0.1) is 11.0 Å². The van der Waals surface area contributed by atoms with Crippen molar-refractivity contribution in [3.63, 3.8) is 0 Å². The minimum atomic E-state index is -1.02. The fourth-order valence-corrected chi connectivity index (χ4v) is 6.73. The summed E-state index contributed by atoms with van der Waals surface area (Å²) in [5, 5.41) is 20.8. The van der Waals surface area contributed by atoms with E-state index in [0.29, 0.717) is 24.3 Å². The monoisotopic (exact) mass is 316 g/mol. The number of hydrogen-bond acceptors (Lipinski definition) is 3. The van der Waals surface area contributed by atoms with E-state index in [4.69, 9.17) is 0 Å². The van der Waals surface area contributed by atoms with Crippen LogP contribution in [0.4, 0.5) is 0 Å². The molecular weight excluding hydrogens is 288 g/mol. The lowest BCUT2D eigenvalue weighted by Crippen LogP contribution is -2.54. The first-order chi connectivity index (χ1) is 10.7. The summed E-state index contributed by atoms with van der Waals surface area (Å²) in [5.41, 5.74) is 0.0691. The smallest absolute Gasteiger partial charge is 0.171 e. The Kier molecular flexibility index (Phi) is 2.96. The van der Waals surface area contributed by atoms with E-state index in [0.717, 1.165) is 32.1 Å². The second-order valence-electron chi connectivity index (χ2n) is 9.09. The van der Waals surface area contributed by atoms with Crippen LogP contribution in [0.15, 0.2) is 23.8 Å². The lowest BCUT2D eigenvalue weighted by molar-refractivity contribution is -0.128. The third-order valence-corrected chi connectivity index (χ3v) is 7.91. The Morgan fingerprint density at radius 1 is 1.30 bits per heavy atom. The Bertz CT molecular complexity index is 635. The molecule has 0 aromatic rings. The first kappa shape index (κ1) is 15.6. The van der Waals surface area contributed by atoms with Crippen LogP contribution >= 0.6 is 0 Å². The topological polar surface area (TPSA) is 57.5 Å². The molecule has 0 saturated heterocycles. The summed E-state index contributed by atoms with van der Waals surface area (Å²) < 4.78 is 0. The number of allylic oxidation sites excluding steroid dienone is 1. The van der Waals surface area contributed by atoms with Crippen molar-refractivity contribution in [2.24, 2.45) is 22.2 Å². The number of carbonyl (C=O) groups is 1. The Balaban J connectivity index is 1.85. The molecule has 0 heterocycles. The molecule has 3 nitrogen and oxygen atoms in total. The van der Waals surface area contributed by atoms with Gasteiger partial charge in [0.15, 0.2) is 5.78 Å². The molecule has 1 spiro atoms. The maximum Gasteiger partial charge on any atom is 0.171 e. The van der Waals surface area contributed by atoms with Crippen LogP contribution in [-0.4, -0.2) is 28.2 Å². The SMILES string of the molecule is C=C1C(=O)C23CCC4C(C)(CO)CCCC4(C)C2=CCC1(O)C3. The van der Waals surface area contributed by atoms with Gasteiger partial charge in [-0.1, -0.05) is 38.5 Å². The number of Topliss-reactive ketones (excluding diaryl/α,β-unsaturated/α-hetero) is 1. The number of fused-ring (bicyclic) bond motifs is 3. The van der Waals surface area contributed by atoms with E-state index in [1.54, 1.807) is 0 Å². The number of aliphatic hydroxyl groups is 2. The number of hydrogen-bond donors (Lipinski definition) is 2. The van der Waals surface area contributed by atoms with Crippen LogP contribution < -0.4 is 0 Å². The summed E-state index contributed by atoms with van der Waals surface area (Å²) in [6.45, 7) is 8.67. The van der Waals surface area contributed by atoms with Crippen molar-refractivity contribution >= 4 is 5.78 Å². The summed E-state index contributed by atoms with van der Waals surface area (Å²) in [6, 6.07) is 0. The van der Waals surface area contributed by atoms with E-state index < -0.39 is 11.0 Å². The molecule has 4 aliphatic carbocycles. The summed E-state index contributed by atoms with van der Waals surface area (Å²) in [4.78, 5) is 13.0. The van der Waals surface area contributed by atoms with E-state index in [1.807, 2.05) is 0 Å². The fourth-order valence-electron chi connectivity index (χ4n) is 6.73. The van der Waals surface area contributed by atoms with Crippen molar-refractivity contribution in [2.75, 3.05) is 6.61 Å². The lowest BCUT2D eigenvalue weighted by Gasteiger charge is -2.60. The average molecular weight is 316 g/mol. The molecule has 2 bridgehead atoms. The van der Waals surface area contributed by atoms with Crippen LogP contribution in [0.25, 0.3) is 0 Å². The summed E-state index contributed by atoms with van der Waals surface area (Å²) >= 11 is 0. The molecule has 0 aromatic carbocycles. The molecule has 5 unspecified atom stereocenters. The van der Waals surface area contributed by atoms with Gasteiger partial charge < -0.3 is 10.2 Å². The number of aliphatic hydroxyl groups excluding tert-OH is 1. The molecule has 126 valence electrons. The molecule has 23 heavy (non-hydrogen) atoms. The first-order valence-electron chi connectivity index (χ1n) is 9.00. The molecule has 4 aliphatic rings. The van der Waals surface area contributed by atoms with Gasteiger partial charge in [-0.25, -0.2) is 0 Å². The van der Waals surface area contributed by atoms with Gasteiger partial charge in [-0.2, -0.15) is 0 Å². The van der Waals surface area contributed by atoms with Crippen molar-refractivity contribution in [1.29, 1.82) is 0 Å². The number of rotatable bonds is 1. The van der Waals surface area contributed by atoms with E-state index >= 15 is 0 Å². The van der Waals surface area contributed by atoms with Gasteiger partial charge in [0.2, 0.25) is 0 Å². The van der Waals surface area contributed by atoms with Crippen molar-refractivity contribution in [3.8, 4) is 0 Å². The Morgan fingerprint density at radius 2 is 2.04 bits per heavy atom. The fraction of sp³-hybridized carbons (Fsp3) is 0.750. The zero-order valence-electron chi connectivity index (χ0n) is 14.3. The molecule has 0 aliphatic heterocycles. The molecule has 3 saturated carbocycles. The molecule has 0 radical (unpaired) electrons. The van der Waals surface area contributed by atoms with E-state index in [1.165, 1.54) is 5.57 Å². The molecule has 4 rings (SSSR count). The van der Waals surface area contributed by atoms with Crippen molar-refractivity contribution < 1.29 is 15.0 Å². The molecule has 2 N–H and O–H groups in total. The largest absolute Gasteiger partial charge is 0.396 e. The third kappa shape index (κ3) is 1.65. The standard InChI is InChI=1S/C20H28O3/c1-13-16(22)19-9-5-14-17(2,12-21)7-4-8-18(14,3)15(19)6-10-20(13,23)11-19/h6,14,21,23H,1,4-5,7-12H2,2-3H3. The number of ketones is 1. The highest BCUT2D eigenvalue weighted by molar-refractivity contribution is 6.07. The Labute approximate surface area is 138 Å². The third-order valence-electron chi connectivity index (χ3n) is 7.91. The predicted molar refractivity (Wildman–Crippen MR) is 88.7 cm³/mol.